The molecule has 0 radical (unpaired) electrons. The van der Waals surface area contributed by atoms with Gasteiger partial charge < -0.3 is 21.4 Å². The van der Waals surface area contributed by atoms with E-state index >= 15 is 0 Å². The summed E-state index contributed by atoms with van der Waals surface area (Å²) >= 11 is 7.49. The van der Waals surface area contributed by atoms with Gasteiger partial charge in [-0.05, 0) is 49.9 Å². The quantitative estimate of drug-likeness (QED) is 0.407. The number of aromatic nitrogens is 4. The number of rotatable bonds is 7. The number of halogens is 1. The predicted molar refractivity (Wildman–Crippen MR) is 112 cm³/mol. The van der Waals surface area contributed by atoms with Crippen LogP contribution in [0.4, 0.5) is 11.5 Å². The third-order valence-corrected chi connectivity index (χ3v) is 5.30. The summed E-state index contributed by atoms with van der Waals surface area (Å²) in [5, 5.41) is 4.83. The first-order valence-corrected chi connectivity index (χ1v) is 10.0. The summed E-state index contributed by atoms with van der Waals surface area (Å²) in [6, 6.07) is 5.90. The van der Waals surface area contributed by atoms with Gasteiger partial charge in [-0.15, -0.1) is 0 Å². The Morgan fingerprint density at radius 3 is 2.70 bits per heavy atom. The molecule has 1 aromatic carbocycles. The fourth-order valence-corrected chi connectivity index (χ4v) is 3.85. The van der Waals surface area contributed by atoms with E-state index in [4.69, 9.17) is 28.1 Å². The van der Waals surface area contributed by atoms with Crippen LogP contribution in [0.3, 0.4) is 0 Å². The normalized spacial score (nSPS) is 11.6. The molecule has 0 spiro atoms. The largest absolute Gasteiger partial charge is 0.398 e. The number of nitrogens with zero attached hydrogens (tertiary/aromatic N) is 4. The van der Waals surface area contributed by atoms with Crippen LogP contribution in [0.1, 0.15) is 26.1 Å². The van der Waals surface area contributed by atoms with Crippen LogP contribution in [0.15, 0.2) is 28.3 Å². The SMILES string of the molecule is Cc1nc(N)c2nc(Sc3ccc(Cl)cc3N)n(CCCNC(C)C)c2n1. The van der Waals surface area contributed by atoms with Crippen molar-refractivity contribution in [3.05, 3.63) is 29.0 Å². The smallest absolute Gasteiger partial charge is 0.175 e. The van der Waals surface area contributed by atoms with E-state index in [1.807, 2.05) is 19.1 Å². The molecule has 9 heteroatoms. The first kappa shape index (κ1) is 19.7. The highest BCUT2D eigenvalue weighted by atomic mass is 35.5. The van der Waals surface area contributed by atoms with Crippen LogP contribution in [0.5, 0.6) is 0 Å². The van der Waals surface area contributed by atoms with Crippen LogP contribution in [0.2, 0.25) is 5.02 Å². The summed E-state index contributed by atoms with van der Waals surface area (Å²) in [5.41, 5.74) is 14.2. The highest BCUT2D eigenvalue weighted by Gasteiger charge is 2.17. The molecule has 2 heterocycles. The van der Waals surface area contributed by atoms with Gasteiger partial charge in [0, 0.05) is 28.2 Å². The van der Waals surface area contributed by atoms with E-state index in [-0.39, 0.29) is 0 Å². The Bertz CT molecular complexity index is 955. The van der Waals surface area contributed by atoms with Gasteiger partial charge in [0.05, 0.1) is 0 Å². The molecule has 0 aliphatic rings. The van der Waals surface area contributed by atoms with Gasteiger partial charge in [0.2, 0.25) is 0 Å². The van der Waals surface area contributed by atoms with Crippen molar-refractivity contribution in [2.24, 2.45) is 0 Å². The van der Waals surface area contributed by atoms with Crippen LogP contribution >= 0.6 is 23.4 Å². The monoisotopic (exact) mass is 405 g/mol. The zero-order valence-electron chi connectivity index (χ0n) is 15.7. The van der Waals surface area contributed by atoms with Crippen molar-refractivity contribution in [2.75, 3.05) is 18.0 Å². The zero-order chi connectivity index (χ0) is 19.6. The van der Waals surface area contributed by atoms with Gasteiger partial charge >= 0.3 is 0 Å². The van der Waals surface area contributed by atoms with Crippen molar-refractivity contribution < 1.29 is 0 Å². The molecular weight excluding hydrogens is 382 g/mol. The first-order valence-electron chi connectivity index (χ1n) is 8.81. The van der Waals surface area contributed by atoms with Gasteiger partial charge in [-0.1, -0.05) is 25.4 Å². The highest BCUT2D eigenvalue weighted by molar-refractivity contribution is 7.99. The summed E-state index contributed by atoms with van der Waals surface area (Å²) < 4.78 is 2.08. The van der Waals surface area contributed by atoms with Crippen LogP contribution in [-0.2, 0) is 6.54 Å². The molecule has 7 nitrogen and oxygen atoms in total. The van der Waals surface area contributed by atoms with Crippen LogP contribution < -0.4 is 16.8 Å². The first-order chi connectivity index (χ1) is 12.8. The Balaban J connectivity index is 1.96. The Morgan fingerprint density at radius 2 is 2.00 bits per heavy atom. The lowest BCUT2D eigenvalue weighted by atomic mass is 10.3. The van der Waals surface area contributed by atoms with E-state index in [0.717, 1.165) is 35.2 Å². The second-order valence-electron chi connectivity index (χ2n) is 6.62. The third-order valence-electron chi connectivity index (χ3n) is 3.98. The molecule has 0 unspecified atom stereocenters. The lowest BCUT2D eigenvalue weighted by Crippen LogP contribution is -2.24. The number of benzene rings is 1. The van der Waals surface area contributed by atoms with Crippen LogP contribution in [0.25, 0.3) is 11.2 Å². The number of fused-ring (bicyclic) bond motifs is 1. The summed E-state index contributed by atoms with van der Waals surface area (Å²) in [6.45, 7) is 7.77. The van der Waals surface area contributed by atoms with Gasteiger partial charge in [-0.25, -0.2) is 15.0 Å². The standard InChI is InChI=1S/C18H24ClN7S/c1-10(2)22-7-4-8-26-17-15(16(21)23-11(3)24-17)25-18(26)27-14-6-5-12(19)9-13(14)20/h5-6,9-10,22H,4,7-8,20H2,1-3H3,(H2,21,23,24). The van der Waals surface area contributed by atoms with Gasteiger partial charge in [0.1, 0.15) is 5.82 Å². The van der Waals surface area contributed by atoms with E-state index < -0.39 is 0 Å². The van der Waals surface area contributed by atoms with Crippen molar-refractivity contribution in [2.45, 2.75) is 49.8 Å². The van der Waals surface area contributed by atoms with Crippen molar-refractivity contribution >= 4 is 46.0 Å². The van der Waals surface area contributed by atoms with E-state index in [1.54, 1.807) is 6.07 Å². The number of hydrogen-bond donors (Lipinski definition) is 3. The van der Waals surface area contributed by atoms with Gasteiger partial charge in [0.25, 0.3) is 0 Å². The van der Waals surface area contributed by atoms with Crippen molar-refractivity contribution in [3.8, 4) is 0 Å². The molecule has 0 aliphatic heterocycles. The minimum absolute atomic E-state index is 0.391. The maximum absolute atomic E-state index is 6.12. The topological polar surface area (TPSA) is 108 Å². The molecule has 3 rings (SSSR count). The summed E-state index contributed by atoms with van der Waals surface area (Å²) in [6.07, 6.45) is 0.941. The Morgan fingerprint density at radius 1 is 1.22 bits per heavy atom. The second-order valence-corrected chi connectivity index (χ2v) is 8.07. The Labute approximate surface area is 167 Å². The molecule has 0 fully saturated rings. The van der Waals surface area contributed by atoms with Crippen molar-refractivity contribution in [1.82, 2.24) is 24.8 Å². The number of nitrogens with two attached hydrogens (primary N) is 2. The molecule has 0 aliphatic carbocycles. The van der Waals surface area contributed by atoms with E-state index in [0.29, 0.717) is 33.9 Å². The Kier molecular flexibility index (Phi) is 6.08. The average molecular weight is 406 g/mol. The maximum atomic E-state index is 6.12. The lowest BCUT2D eigenvalue weighted by Gasteiger charge is -2.11. The zero-order valence-corrected chi connectivity index (χ0v) is 17.2. The predicted octanol–water partition coefficient (Wildman–Crippen LogP) is 3.49. The number of aryl methyl sites for hydroxylation is 2. The number of nitrogens with one attached hydrogen (secondary N) is 1. The molecule has 0 bridgehead atoms. The van der Waals surface area contributed by atoms with Crippen LogP contribution in [0, 0.1) is 6.92 Å². The molecular formula is C18H24ClN7S. The van der Waals surface area contributed by atoms with Gasteiger partial charge in [-0.2, -0.15) is 0 Å². The third kappa shape index (κ3) is 4.63. The molecule has 144 valence electrons. The van der Waals surface area contributed by atoms with E-state index in [1.165, 1.54) is 11.8 Å². The molecule has 0 saturated carbocycles. The lowest BCUT2D eigenvalue weighted by molar-refractivity contribution is 0.525. The van der Waals surface area contributed by atoms with Crippen LogP contribution in [-0.4, -0.2) is 32.1 Å². The summed E-state index contributed by atoms with van der Waals surface area (Å²) in [4.78, 5) is 14.4. The molecule has 0 saturated heterocycles. The van der Waals surface area contributed by atoms with E-state index in [2.05, 4.69) is 33.7 Å². The molecule has 3 aromatic rings. The second kappa shape index (κ2) is 8.33. The minimum Gasteiger partial charge on any atom is -0.398 e. The summed E-state index contributed by atoms with van der Waals surface area (Å²) in [5.74, 6) is 1.02. The fourth-order valence-electron chi connectivity index (χ4n) is 2.73. The number of imidazole rings is 1. The average Bonchev–Trinajstić information content (AvgIpc) is 2.92. The molecule has 5 N–H and O–H groups in total. The molecule has 2 aromatic heterocycles. The molecule has 0 atom stereocenters. The minimum atomic E-state index is 0.391. The van der Waals surface area contributed by atoms with Crippen molar-refractivity contribution in [1.29, 1.82) is 0 Å². The highest BCUT2D eigenvalue weighted by Crippen LogP contribution is 2.35. The van der Waals surface area contributed by atoms with Crippen molar-refractivity contribution in [3.63, 3.8) is 0 Å². The fraction of sp³-hybridized carbons (Fsp3) is 0.389. The number of nitrogen functional groups attached to an aromatic ring is 2. The van der Waals surface area contributed by atoms with Gasteiger partial charge in [0.15, 0.2) is 22.1 Å². The van der Waals surface area contributed by atoms with E-state index in [9.17, 15) is 0 Å². The Hall–Kier alpha value is -2.03. The molecule has 27 heavy (non-hydrogen) atoms. The summed E-state index contributed by atoms with van der Waals surface area (Å²) in [7, 11) is 0. The number of hydrogen-bond acceptors (Lipinski definition) is 7. The maximum Gasteiger partial charge on any atom is 0.175 e. The van der Waals surface area contributed by atoms with Gasteiger partial charge in [-0.3, -0.25) is 0 Å². The molecule has 0 amide bonds. The number of anilines is 2.